The summed E-state index contributed by atoms with van der Waals surface area (Å²) in [7, 11) is 0. The number of carbonyl (C=O) groups excluding carboxylic acids is 1. The summed E-state index contributed by atoms with van der Waals surface area (Å²) in [6.07, 6.45) is 0. The Bertz CT molecular complexity index is 780. The average Bonchev–Trinajstić information content (AvgIpc) is 2.67. The van der Waals surface area contributed by atoms with Crippen LogP contribution in [0.5, 0.6) is 0 Å². The summed E-state index contributed by atoms with van der Waals surface area (Å²) in [6, 6.07) is 9.10. The first-order valence-corrected chi connectivity index (χ1v) is 9.41. The Morgan fingerprint density at radius 1 is 1.26 bits per heavy atom. The number of halogens is 1. The van der Waals surface area contributed by atoms with E-state index in [4.69, 9.17) is 16.3 Å². The van der Waals surface area contributed by atoms with Crippen molar-refractivity contribution in [3.63, 3.8) is 0 Å². The first-order chi connectivity index (χ1) is 13.1. The van der Waals surface area contributed by atoms with E-state index < -0.39 is 0 Å². The summed E-state index contributed by atoms with van der Waals surface area (Å²) in [5.41, 5.74) is 1.94. The minimum absolute atomic E-state index is 0.253. The molecule has 1 aromatic heterocycles. The van der Waals surface area contributed by atoms with Gasteiger partial charge in [0.05, 0.1) is 13.2 Å². The molecule has 2 aromatic rings. The Morgan fingerprint density at radius 3 is 2.81 bits per heavy atom. The third-order valence-electron chi connectivity index (χ3n) is 4.30. The van der Waals surface area contributed by atoms with E-state index in [2.05, 4.69) is 25.5 Å². The fraction of sp³-hybridized carbons (Fsp3) is 0.421. The number of aryl methyl sites for hydroxylation is 1. The van der Waals surface area contributed by atoms with E-state index in [-0.39, 0.29) is 5.91 Å². The van der Waals surface area contributed by atoms with E-state index in [1.165, 1.54) is 0 Å². The van der Waals surface area contributed by atoms with E-state index in [0.717, 1.165) is 44.1 Å². The van der Waals surface area contributed by atoms with Gasteiger partial charge in [0.15, 0.2) is 0 Å². The third kappa shape index (κ3) is 5.89. The maximum atomic E-state index is 12.5. The largest absolute Gasteiger partial charge is 0.379 e. The van der Waals surface area contributed by atoms with Crippen molar-refractivity contribution in [1.82, 2.24) is 20.2 Å². The van der Waals surface area contributed by atoms with Crippen molar-refractivity contribution in [3.8, 4) is 0 Å². The summed E-state index contributed by atoms with van der Waals surface area (Å²) in [4.78, 5) is 23.5. The monoisotopic (exact) mass is 389 g/mol. The molecule has 0 aliphatic carbocycles. The summed E-state index contributed by atoms with van der Waals surface area (Å²) >= 11 is 6.13. The van der Waals surface area contributed by atoms with Gasteiger partial charge >= 0.3 is 0 Å². The topological polar surface area (TPSA) is 79.4 Å². The number of amides is 1. The number of anilines is 1. The van der Waals surface area contributed by atoms with Gasteiger partial charge in [0.2, 0.25) is 5.95 Å². The van der Waals surface area contributed by atoms with Crippen LogP contribution >= 0.6 is 11.6 Å². The minimum atomic E-state index is -0.253. The van der Waals surface area contributed by atoms with Gasteiger partial charge in [-0.05, 0) is 24.6 Å². The second kappa shape index (κ2) is 9.64. The highest BCUT2D eigenvalue weighted by Gasteiger charge is 2.12. The Kier molecular flexibility index (Phi) is 6.98. The number of hydrogen-bond acceptors (Lipinski definition) is 6. The number of rotatable bonds is 7. The van der Waals surface area contributed by atoms with Crippen LogP contribution in [-0.4, -0.2) is 60.2 Å². The quantitative estimate of drug-likeness (QED) is 0.755. The zero-order valence-electron chi connectivity index (χ0n) is 15.4. The Balaban J connectivity index is 1.55. The lowest BCUT2D eigenvalue weighted by atomic mass is 10.2. The van der Waals surface area contributed by atoms with Crippen LogP contribution in [0.3, 0.4) is 0 Å². The highest BCUT2D eigenvalue weighted by atomic mass is 35.5. The van der Waals surface area contributed by atoms with Crippen LogP contribution in [0.15, 0.2) is 30.3 Å². The number of carbonyl (C=O) groups is 1. The van der Waals surface area contributed by atoms with Crippen LogP contribution in [0.4, 0.5) is 5.95 Å². The Hall–Kier alpha value is -2.22. The van der Waals surface area contributed by atoms with Crippen molar-refractivity contribution in [3.05, 3.63) is 52.3 Å². The van der Waals surface area contributed by atoms with Gasteiger partial charge in [-0.25, -0.2) is 9.97 Å². The molecule has 1 amide bonds. The van der Waals surface area contributed by atoms with Gasteiger partial charge < -0.3 is 15.4 Å². The first-order valence-electron chi connectivity index (χ1n) is 9.03. The molecule has 144 valence electrons. The number of ether oxygens (including phenoxy) is 1. The van der Waals surface area contributed by atoms with Crippen molar-refractivity contribution in [2.45, 2.75) is 13.5 Å². The second-order valence-corrected chi connectivity index (χ2v) is 6.78. The van der Waals surface area contributed by atoms with E-state index >= 15 is 0 Å². The predicted molar refractivity (Wildman–Crippen MR) is 105 cm³/mol. The van der Waals surface area contributed by atoms with E-state index in [9.17, 15) is 4.79 Å². The normalized spacial score (nSPS) is 14.7. The molecule has 0 bridgehead atoms. The number of hydrogen-bond donors (Lipinski definition) is 2. The smallest absolute Gasteiger partial charge is 0.270 e. The summed E-state index contributed by atoms with van der Waals surface area (Å²) in [5.74, 6) is 0.211. The zero-order chi connectivity index (χ0) is 19.1. The van der Waals surface area contributed by atoms with Crippen LogP contribution in [-0.2, 0) is 11.3 Å². The standard InChI is InChI=1S/C19H24ClN5O2/c1-14-12-17(18(26)22-13-15-4-2-3-5-16(15)20)24-19(23-14)21-6-7-25-8-10-27-11-9-25/h2-5,12H,6-11,13H2,1H3,(H,22,26)(H,21,23,24). The molecule has 1 aromatic carbocycles. The fourth-order valence-electron chi connectivity index (χ4n) is 2.82. The van der Waals surface area contributed by atoms with Gasteiger partial charge in [0, 0.05) is 43.4 Å². The third-order valence-corrected chi connectivity index (χ3v) is 4.67. The maximum Gasteiger partial charge on any atom is 0.270 e. The average molecular weight is 390 g/mol. The second-order valence-electron chi connectivity index (χ2n) is 6.37. The molecule has 7 nitrogen and oxygen atoms in total. The molecule has 3 rings (SSSR count). The van der Waals surface area contributed by atoms with Crippen LogP contribution in [0.25, 0.3) is 0 Å². The van der Waals surface area contributed by atoms with E-state index in [1.54, 1.807) is 12.1 Å². The van der Waals surface area contributed by atoms with Crippen molar-refractivity contribution < 1.29 is 9.53 Å². The zero-order valence-corrected chi connectivity index (χ0v) is 16.1. The Morgan fingerprint density at radius 2 is 2.04 bits per heavy atom. The molecule has 1 aliphatic rings. The lowest BCUT2D eigenvalue weighted by Gasteiger charge is -2.26. The number of aromatic nitrogens is 2. The molecule has 0 unspecified atom stereocenters. The summed E-state index contributed by atoms with van der Waals surface area (Å²) in [5, 5.41) is 6.69. The summed E-state index contributed by atoms with van der Waals surface area (Å²) in [6.45, 7) is 7.21. The van der Waals surface area contributed by atoms with Gasteiger partial charge in [0.25, 0.3) is 5.91 Å². The van der Waals surface area contributed by atoms with Gasteiger partial charge in [-0.1, -0.05) is 29.8 Å². The van der Waals surface area contributed by atoms with Gasteiger partial charge in [-0.15, -0.1) is 0 Å². The van der Waals surface area contributed by atoms with Crippen molar-refractivity contribution in [2.24, 2.45) is 0 Å². The van der Waals surface area contributed by atoms with E-state index in [0.29, 0.717) is 29.8 Å². The highest BCUT2D eigenvalue weighted by molar-refractivity contribution is 6.31. The highest BCUT2D eigenvalue weighted by Crippen LogP contribution is 2.14. The lowest BCUT2D eigenvalue weighted by molar-refractivity contribution is 0.0398. The van der Waals surface area contributed by atoms with Crippen molar-refractivity contribution in [1.29, 1.82) is 0 Å². The molecule has 27 heavy (non-hydrogen) atoms. The predicted octanol–water partition coefficient (Wildman–Crippen LogP) is 2.11. The molecule has 2 heterocycles. The number of nitrogens with one attached hydrogen (secondary N) is 2. The molecule has 8 heteroatoms. The molecule has 0 radical (unpaired) electrons. The van der Waals surface area contributed by atoms with Crippen molar-refractivity contribution >= 4 is 23.5 Å². The van der Waals surface area contributed by atoms with Crippen LogP contribution < -0.4 is 10.6 Å². The number of morpholine rings is 1. The van der Waals surface area contributed by atoms with Crippen molar-refractivity contribution in [2.75, 3.05) is 44.7 Å². The molecule has 0 atom stereocenters. The minimum Gasteiger partial charge on any atom is -0.379 e. The van der Waals surface area contributed by atoms with Gasteiger partial charge in [0.1, 0.15) is 5.69 Å². The van der Waals surface area contributed by atoms with Gasteiger partial charge in [-0.2, -0.15) is 0 Å². The molecule has 1 fully saturated rings. The molecule has 1 aliphatic heterocycles. The molecular weight excluding hydrogens is 366 g/mol. The van der Waals surface area contributed by atoms with Crippen LogP contribution in [0.1, 0.15) is 21.7 Å². The van der Waals surface area contributed by atoms with Crippen LogP contribution in [0.2, 0.25) is 5.02 Å². The van der Waals surface area contributed by atoms with E-state index in [1.807, 2.05) is 25.1 Å². The molecule has 0 saturated carbocycles. The number of nitrogens with zero attached hydrogens (tertiary/aromatic N) is 3. The first kappa shape index (κ1) is 19.5. The fourth-order valence-corrected chi connectivity index (χ4v) is 3.02. The number of benzene rings is 1. The SMILES string of the molecule is Cc1cc(C(=O)NCc2ccccc2Cl)nc(NCCN2CCOCC2)n1. The molecular formula is C19H24ClN5O2. The molecule has 0 spiro atoms. The lowest BCUT2D eigenvalue weighted by Crippen LogP contribution is -2.39. The summed E-state index contributed by atoms with van der Waals surface area (Å²) < 4.78 is 5.34. The maximum absolute atomic E-state index is 12.5. The van der Waals surface area contributed by atoms with Gasteiger partial charge in [-0.3, -0.25) is 9.69 Å². The Labute approximate surface area is 164 Å². The molecule has 2 N–H and O–H groups in total. The molecule has 1 saturated heterocycles. The van der Waals surface area contributed by atoms with Crippen LogP contribution in [0, 0.1) is 6.92 Å².